The summed E-state index contributed by atoms with van der Waals surface area (Å²) < 4.78 is 1.90. The van der Waals surface area contributed by atoms with E-state index in [0.29, 0.717) is 6.54 Å². The van der Waals surface area contributed by atoms with Gasteiger partial charge >= 0.3 is 0 Å². The van der Waals surface area contributed by atoms with Crippen LogP contribution in [0.3, 0.4) is 0 Å². The van der Waals surface area contributed by atoms with Gasteiger partial charge in [0.15, 0.2) is 5.78 Å². The lowest BCUT2D eigenvalue weighted by Gasteiger charge is -1.93. The molecule has 3 heteroatoms. The molecule has 1 heterocycles. The largest absolute Gasteiger partial charge is 0.350 e. The lowest BCUT2D eigenvalue weighted by molar-refractivity contribution is 0.101. The van der Waals surface area contributed by atoms with Crippen LogP contribution < -0.4 is 0 Å². The number of halogens is 1. The maximum Gasteiger partial charge on any atom is 0.161 e. The van der Waals surface area contributed by atoms with Gasteiger partial charge in [0.2, 0.25) is 0 Å². The third-order valence-electron chi connectivity index (χ3n) is 1.56. The van der Waals surface area contributed by atoms with E-state index in [1.54, 1.807) is 19.2 Å². The molecule has 0 aliphatic heterocycles. The maximum absolute atomic E-state index is 10.9. The summed E-state index contributed by atoms with van der Waals surface area (Å²) in [7, 11) is 0. The molecule has 0 radical (unpaired) electrons. The van der Waals surface area contributed by atoms with E-state index in [9.17, 15) is 4.79 Å². The van der Waals surface area contributed by atoms with Gasteiger partial charge < -0.3 is 4.57 Å². The van der Waals surface area contributed by atoms with Crippen molar-refractivity contribution >= 4 is 17.4 Å². The van der Waals surface area contributed by atoms with E-state index in [1.807, 2.05) is 16.8 Å². The van der Waals surface area contributed by atoms with Crippen molar-refractivity contribution in [2.45, 2.75) is 13.5 Å². The minimum absolute atomic E-state index is 0.0867. The molecule has 0 aliphatic carbocycles. The average molecular weight is 184 g/mol. The number of carbonyl (C=O) groups excluding carboxylic acids is 1. The monoisotopic (exact) mass is 183 g/mol. The highest BCUT2D eigenvalue weighted by Crippen LogP contribution is 2.02. The maximum atomic E-state index is 10.9. The van der Waals surface area contributed by atoms with Gasteiger partial charge in [0.1, 0.15) is 0 Å². The van der Waals surface area contributed by atoms with Crippen molar-refractivity contribution in [1.29, 1.82) is 0 Å². The molecular weight excluding hydrogens is 174 g/mol. The molecule has 1 rings (SSSR count). The summed E-state index contributed by atoms with van der Waals surface area (Å²) in [6, 6.07) is 1.80. The van der Waals surface area contributed by atoms with Gasteiger partial charge in [-0.15, -0.1) is 0 Å². The van der Waals surface area contributed by atoms with E-state index in [2.05, 4.69) is 0 Å². The minimum Gasteiger partial charge on any atom is -0.350 e. The van der Waals surface area contributed by atoms with Crippen molar-refractivity contribution in [2.75, 3.05) is 0 Å². The van der Waals surface area contributed by atoms with Crippen LogP contribution in [0, 0.1) is 0 Å². The fourth-order valence-electron chi connectivity index (χ4n) is 0.924. The molecule has 0 bridgehead atoms. The van der Waals surface area contributed by atoms with E-state index in [1.165, 1.54) is 5.54 Å². The Balaban J connectivity index is 2.70. The second kappa shape index (κ2) is 4.12. The highest BCUT2D eigenvalue weighted by molar-refractivity contribution is 6.25. The van der Waals surface area contributed by atoms with Gasteiger partial charge in [0.05, 0.1) is 0 Å². The molecular formula is C9H10ClNO. The Labute approximate surface area is 76.5 Å². The van der Waals surface area contributed by atoms with Crippen LogP contribution in [0.5, 0.6) is 0 Å². The molecule has 0 aromatic carbocycles. The molecule has 1 aromatic heterocycles. The van der Waals surface area contributed by atoms with Crippen molar-refractivity contribution in [3.63, 3.8) is 0 Å². The second-order valence-electron chi connectivity index (χ2n) is 2.51. The summed E-state index contributed by atoms with van der Waals surface area (Å²) in [6.07, 6.45) is 5.47. The molecule has 0 saturated heterocycles. The molecule has 0 N–H and O–H groups in total. The number of rotatable bonds is 3. The molecule has 0 saturated carbocycles. The first kappa shape index (κ1) is 9.07. The molecule has 0 amide bonds. The first-order valence-electron chi connectivity index (χ1n) is 3.66. The summed E-state index contributed by atoms with van der Waals surface area (Å²) in [5, 5.41) is 0. The topological polar surface area (TPSA) is 22.0 Å². The van der Waals surface area contributed by atoms with Crippen molar-refractivity contribution in [2.24, 2.45) is 0 Å². The van der Waals surface area contributed by atoms with Gasteiger partial charge in [0, 0.05) is 30.0 Å². The van der Waals surface area contributed by atoms with Gasteiger partial charge in [-0.3, -0.25) is 4.79 Å². The van der Waals surface area contributed by atoms with E-state index in [-0.39, 0.29) is 5.78 Å². The molecule has 0 atom stereocenters. The highest BCUT2D eigenvalue weighted by Gasteiger charge is 1.99. The molecule has 0 aliphatic rings. The van der Waals surface area contributed by atoms with Crippen LogP contribution in [0.25, 0.3) is 0 Å². The Morgan fingerprint density at radius 3 is 3.00 bits per heavy atom. The lowest BCUT2D eigenvalue weighted by atomic mass is 10.2. The lowest BCUT2D eigenvalue weighted by Crippen LogP contribution is -1.91. The van der Waals surface area contributed by atoms with Gasteiger partial charge in [-0.25, -0.2) is 0 Å². The van der Waals surface area contributed by atoms with Crippen LogP contribution in [0.1, 0.15) is 17.3 Å². The molecule has 0 fully saturated rings. The van der Waals surface area contributed by atoms with Gasteiger partial charge in [-0.1, -0.05) is 17.7 Å². The summed E-state index contributed by atoms with van der Waals surface area (Å²) >= 11 is 5.36. The smallest absolute Gasteiger partial charge is 0.161 e. The van der Waals surface area contributed by atoms with Gasteiger partial charge in [0.25, 0.3) is 0 Å². The first-order valence-corrected chi connectivity index (χ1v) is 4.09. The van der Waals surface area contributed by atoms with Crippen LogP contribution in [0.15, 0.2) is 30.1 Å². The third-order valence-corrected chi connectivity index (χ3v) is 1.74. The van der Waals surface area contributed by atoms with Gasteiger partial charge in [-0.2, -0.15) is 0 Å². The average Bonchev–Trinajstić information content (AvgIpc) is 2.48. The van der Waals surface area contributed by atoms with Crippen molar-refractivity contribution in [1.82, 2.24) is 4.57 Å². The van der Waals surface area contributed by atoms with Gasteiger partial charge in [-0.05, 0) is 13.0 Å². The third kappa shape index (κ3) is 2.24. The Morgan fingerprint density at radius 1 is 1.75 bits per heavy atom. The van der Waals surface area contributed by atoms with Crippen molar-refractivity contribution < 1.29 is 4.79 Å². The van der Waals surface area contributed by atoms with Crippen LogP contribution in [0.2, 0.25) is 0 Å². The van der Waals surface area contributed by atoms with Crippen LogP contribution in [-0.2, 0) is 6.54 Å². The zero-order valence-corrected chi connectivity index (χ0v) is 7.58. The number of aromatic nitrogens is 1. The fourth-order valence-corrected chi connectivity index (χ4v) is 1.00. The van der Waals surface area contributed by atoms with Crippen LogP contribution in [-0.4, -0.2) is 10.4 Å². The Kier molecular flexibility index (Phi) is 3.11. The Morgan fingerprint density at radius 2 is 2.50 bits per heavy atom. The van der Waals surface area contributed by atoms with Crippen LogP contribution in [0.4, 0.5) is 0 Å². The molecule has 2 nitrogen and oxygen atoms in total. The summed E-state index contributed by atoms with van der Waals surface area (Å²) in [4.78, 5) is 10.9. The summed E-state index contributed by atoms with van der Waals surface area (Å²) in [5.41, 5.74) is 2.20. The first-order chi connectivity index (χ1) is 5.74. The SMILES string of the molecule is CC(=O)c1ccn(CC=CCl)c1. The highest BCUT2D eigenvalue weighted by atomic mass is 35.5. The van der Waals surface area contributed by atoms with Crippen molar-refractivity contribution in [3.8, 4) is 0 Å². The number of carbonyl (C=O) groups is 1. The number of allylic oxidation sites excluding steroid dienone is 1. The Bertz CT molecular complexity index is 301. The number of ketones is 1. The quantitative estimate of drug-likeness (QED) is 0.660. The number of Topliss-reactive ketones (excluding diaryl/α,β-unsaturated/α-hetero) is 1. The fraction of sp³-hybridized carbons (Fsp3) is 0.222. The summed E-state index contributed by atoms with van der Waals surface area (Å²) in [5.74, 6) is 0.0867. The predicted octanol–water partition coefficient (Wildman–Crippen LogP) is 2.44. The van der Waals surface area contributed by atoms with Crippen LogP contribution >= 0.6 is 11.6 Å². The molecule has 12 heavy (non-hydrogen) atoms. The molecule has 64 valence electrons. The zero-order chi connectivity index (χ0) is 8.97. The zero-order valence-electron chi connectivity index (χ0n) is 6.83. The van der Waals surface area contributed by atoms with E-state index >= 15 is 0 Å². The summed E-state index contributed by atoms with van der Waals surface area (Å²) in [6.45, 7) is 2.26. The van der Waals surface area contributed by atoms with E-state index in [4.69, 9.17) is 11.6 Å². The normalized spacial score (nSPS) is 10.8. The molecule has 1 aromatic rings. The number of nitrogens with zero attached hydrogens (tertiary/aromatic N) is 1. The second-order valence-corrected chi connectivity index (χ2v) is 2.77. The van der Waals surface area contributed by atoms with E-state index in [0.717, 1.165) is 5.56 Å². The number of hydrogen-bond donors (Lipinski definition) is 0. The molecule has 0 unspecified atom stereocenters. The minimum atomic E-state index is 0.0867. The van der Waals surface area contributed by atoms with Crippen molar-refractivity contribution in [3.05, 3.63) is 35.6 Å². The van der Waals surface area contributed by atoms with E-state index < -0.39 is 0 Å². The standard InChI is InChI=1S/C9H10ClNO/c1-8(12)9-3-6-11(7-9)5-2-4-10/h2-4,6-7H,5H2,1H3. The Hall–Kier alpha value is -1.02. The molecule has 0 spiro atoms. The number of hydrogen-bond acceptors (Lipinski definition) is 1. The predicted molar refractivity (Wildman–Crippen MR) is 49.4 cm³/mol.